The first-order valence-electron chi connectivity index (χ1n) is 9.40. The van der Waals surface area contributed by atoms with Crippen LogP contribution in [-0.2, 0) is 16.0 Å². The molecular formula is C22H21ClN2O5. The Balaban J connectivity index is 2.06. The zero-order valence-electron chi connectivity index (χ0n) is 16.8. The van der Waals surface area contributed by atoms with Crippen molar-refractivity contribution in [2.24, 2.45) is 0 Å². The zero-order chi connectivity index (χ0) is 21.8. The first-order valence-corrected chi connectivity index (χ1v) is 9.78. The number of methoxy groups -OCH3 is 1. The topological polar surface area (TPSA) is 84.9 Å². The minimum absolute atomic E-state index is 0.192. The van der Waals surface area contributed by atoms with E-state index in [2.05, 4.69) is 5.32 Å². The van der Waals surface area contributed by atoms with E-state index < -0.39 is 17.8 Å². The van der Waals surface area contributed by atoms with Gasteiger partial charge in [-0.15, -0.1) is 0 Å². The molecule has 2 aromatic carbocycles. The largest absolute Gasteiger partial charge is 0.493 e. The second-order valence-corrected chi connectivity index (χ2v) is 6.81. The van der Waals surface area contributed by atoms with Gasteiger partial charge in [0, 0.05) is 0 Å². The summed E-state index contributed by atoms with van der Waals surface area (Å²) in [6.07, 6.45) is 1.99. The monoisotopic (exact) mass is 428 g/mol. The maximum atomic E-state index is 13.1. The lowest BCUT2D eigenvalue weighted by atomic mass is 10.0. The number of nitrogens with one attached hydrogen (secondary N) is 1. The molecule has 1 fully saturated rings. The number of halogens is 1. The molecule has 3 rings (SSSR count). The summed E-state index contributed by atoms with van der Waals surface area (Å²) in [7, 11) is 1.46. The number of benzene rings is 2. The first-order chi connectivity index (χ1) is 14.4. The Morgan fingerprint density at radius 2 is 1.87 bits per heavy atom. The molecule has 1 aliphatic rings. The predicted molar refractivity (Wildman–Crippen MR) is 114 cm³/mol. The van der Waals surface area contributed by atoms with E-state index in [1.165, 1.54) is 13.2 Å². The summed E-state index contributed by atoms with van der Waals surface area (Å²) in [6, 6.07) is 9.42. The standard InChI is InChI=1S/C22H21ClN2O5/c1-4-14-8-6-7-9-17(14)25-21(27)15(20(26)24-22(25)28)10-13-11-16(23)19(30-5-2)18(12-13)29-3/h6-12H,4-5H2,1-3H3,(H,24,26,28)/b15-10-. The van der Waals surface area contributed by atoms with Crippen molar-refractivity contribution in [3.8, 4) is 11.5 Å². The summed E-state index contributed by atoms with van der Waals surface area (Å²) in [4.78, 5) is 39.0. The van der Waals surface area contributed by atoms with E-state index in [9.17, 15) is 14.4 Å². The number of ether oxygens (including phenoxy) is 2. The van der Waals surface area contributed by atoms with Crippen molar-refractivity contribution >= 4 is 41.2 Å². The minimum Gasteiger partial charge on any atom is -0.493 e. The number of urea groups is 1. The summed E-state index contributed by atoms with van der Waals surface area (Å²) in [5.74, 6) is -0.756. The molecule has 7 nitrogen and oxygen atoms in total. The highest BCUT2D eigenvalue weighted by Gasteiger charge is 2.37. The van der Waals surface area contributed by atoms with Gasteiger partial charge in [0.25, 0.3) is 11.8 Å². The van der Waals surface area contributed by atoms with Crippen LogP contribution in [0.15, 0.2) is 42.0 Å². The third kappa shape index (κ3) is 4.02. The Hall–Kier alpha value is -3.32. The van der Waals surface area contributed by atoms with Gasteiger partial charge in [0.2, 0.25) is 0 Å². The number of carbonyl (C=O) groups excluding carboxylic acids is 3. The fourth-order valence-corrected chi connectivity index (χ4v) is 3.45. The molecule has 0 spiro atoms. The van der Waals surface area contributed by atoms with Crippen LogP contribution in [0.5, 0.6) is 11.5 Å². The fourth-order valence-electron chi connectivity index (χ4n) is 3.18. The van der Waals surface area contributed by atoms with E-state index in [0.717, 1.165) is 10.5 Å². The van der Waals surface area contributed by atoms with Crippen LogP contribution in [0.1, 0.15) is 25.0 Å². The molecular weight excluding hydrogens is 408 g/mol. The van der Waals surface area contributed by atoms with Gasteiger partial charge in [-0.2, -0.15) is 0 Å². The Morgan fingerprint density at radius 3 is 2.53 bits per heavy atom. The molecule has 0 atom stereocenters. The number of hydrogen-bond acceptors (Lipinski definition) is 5. The van der Waals surface area contributed by atoms with Crippen LogP contribution in [0.4, 0.5) is 10.5 Å². The number of carbonyl (C=O) groups is 3. The van der Waals surface area contributed by atoms with Crippen molar-refractivity contribution in [2.75, 3.05) is 18.6 Å². The van der Waals surface area contributed by atoms with Gasteiger partial charge in [0.15, 0.2) is 11.5 Å². The molecule has 8 heteroatoms. The van der Waals surface area contributed by atoms with Crippen molar-refractivity contribution in [1.29, 1.82) is 0 Å². The molecule has 2 aromatic rings. The SMILES string of the molecule is CCOc1c(Cl)cc(/C=C2/C(=O)NC(=O)N(c3ccccc3CC)C2=O)cc1OC. The van der Waals surface area contributed by atoms with Crippen molar-refractivity contribution in [3.63, 3.8) is 0 Å². The van der Waals surface area contributed by atoms with Crippen molar-refractivity contribution in [2.45, 2.75) is 20.3 Å². The summed E-state index contributed by atoms with van der Waals surface area (Å²) in [5, 5.41) is 2.50. The van der Waals surface area contributed by atoms with Crippen molar-refractivity contribution in [1.82, 2.24) is 5.32 Å². The highest BCUT2D eigenvalue weighted by atomic mass is 35.5. The summed E-state index contributed by atoms with van der Waals surface area (Å²) in [6.45, 7) is 4.13. The van der Waals surface area contributed by atoms with E-state index in [1.54, 1.807) is 24.3 Å². The lowest BCUT2D eigenvalue weighted by Gasteiger charge is -2.28. The minimum atomic E-state index is -0.787. The van der Waals surface area contributed by atoms with E-state index in [-0.39, 0.29) is 10.6 Å². The lowest BCUT2D eigenvalue weighted by molar-refractivity contribution is -0.122. The van der Waals surface area contributed by atoms with Gasteiger partial charge in [-0.1, -0.05) is 36.7 Å². The highest BCUT2D eigenvalue weighted by molar-refractivity contribution is 6.39. The normalized spacial score (nSPS) is 15.4. The Labute approximate surface area is 179 Å². The van der Waals surface area contributed by atoms with Crippen LogP contribution < -0.4 is 19.7 Å². The fraction of sp³-hybridized carbons (Fsp3) is 0.227. The van der Waals surface area contributed by atoms with Crippen LogP contribution >= 0.6 is 11.6 Å². The van der Waals surface area contributed by atoms with E-state index in [0.29, 0.717) is 35.8 Å². The Morgan fingerprint density at radius 1 is 1.13 bits per heavy atom. The number of nitrogens with zero attached hydrogens (tertiary/aromatic N) is 1. The summed E-state index contributed by atoms with van der Waals surface area (Å²) in [5.41, 5.74) is 1.50. The van der Waals surface area contributed by atoms with Gasteiger partial charge in [0.05, 0.1) is 24.4 Å². The number of anilines is 1. The number of hydrogen-bond donors (Lipinski definition) is 1. The molecule has 1 saturated heterocycles. The van der Waals surface area contributed by atoms with Gasteiger partial charge < -0.3 is 9.47 Å². The summed E-state index contributed by atoms with van der Waals surface area (Å²) >= 11 is 6.29. The number of amides is 4. The third-order valence-electron chi connectivity index (χ3n) is 4.57. The molecule has 0 radical (unpaired) electrons. The number of rotatable bonds is 6. The summed E-state index contributed by atoms with van der Waals surface area (Å²) < 4.78 is 10.8. The molecule has 0 unspecified atom stereocenters. The molecule has 0 bridgehead atoms. The number of imide groups is 2. The Kier molecular flexibility index (Phi) is 6.42. The van der Waals surface area contributed by atoms with E-state index >= 15 is 0 Å². The predicted octanol–water partition coefficient (Wildman–Crippen LogP) is 3.98. The van der Waals surface area contributed by atoms with Crippen molar-refractivity contribution in [3.05, 3.63) is 58.1 Å². The van der Waals surface area contributed by atoms with Gasteiger partial charge in [-0.3, -0.25) is 14.9 Å². The van der Waals surface area contributed by atoms with Crippen LogP contribution in [0.3, 0.4) is 0 Å². The molecule has 0 aliphatic carbocycles. The molecule has 156 valence electrons. The number of barbiturate groups is 1. The molecule has 30 heavy (non-hydrogen) atoms. The van der Waals surface area contributed by atoms with Crippen LogP contribution in [-0.4, -0.2) is 31.6 Å². The molecule has 0 aromatic heterocycles. The highest BCUT2D eigenvalue weighted by Crippen LogP contribution is 2.37. The van der Waals surface area contributed by atoms with Crippen LogP contribution in [0, 0.1) is 0 Å². The second-order valence-electron chi connectivity index (χ2n) is 6.41. The molecule has 1 heterocycles. The first kappa shape index (κ1) is 21.4. The third-order valence-corrected chi connectivity index (χ3v) is 4.85. The Bertz CT molecular complexity index is 1050. The average Bonchev–Trinajstić information content (AvgIpc) is 2.73. The lowest BCUT2D eigenvalue weighted by Crippen LogP contribution is -2.54. The van der Waals surface area contributed by atoms with Crippen molar-refractivity contribution < 1.29 is 23.9 Å². The van der Waals surface area contributed by atoms with E-state index in [1.807, 2.05) is 26.0 Å². The van der Waals surface area contributed by atoms with Gasteiger partial charge in [-0.05, 0) is 48.7 Å². The van der Waals surface area contributed by atoms with Crippen LogP contribution in [0.2, 0.25) is 5.02 Å². The van der Waals surface area contributed by atoms with Gasteiger partial charge >= 0.3 is 6.03 Å². The number of para-hydroxylation sites is 1. The molecule has 1 aliphatic heterocycles. The number of aryl methyl sites for hydroxylation is 1. The van der Waals surface area contributed by atoms with Gasteiger partial charge in [0.1, 0.15) is 5.57 Å². The van der Waals surface area contributed by atoms with Gasteiger partial charge in [-0.25, -0.2) is 9.69 Å². The van der Waals surface area contributed by atoms with Crippen LogP contribution in [0.25, 0.3) is 6.08 Å². The molecule has 1 N–H and O–H groups in total. The second kappa shape index (κ2) is 9.00. The maximum absolute atomic E-state index is 13.1. The quantitative estimate of drug-likeness (QED) is 0.555. The maximum Gasteiger partial charge on any atom is 0.335 e. The average molecular weight is 429 g/mol. The molecule has 4 amide bonds. The zero-order valence-corrected chi connectivity index (χ0v) is 17.6. The smallest absolute Gasteiger partial charge is 0.335 e. The van der Waals surface area contributed by atoms with E-state index in [4.69, 9.17) is 21.1 Å². The molecule has 0 saturated carbocycles.